The van der Waals surface area contributed by atoms with E-state index in [0.717, 1.165) is 13.1 Å². The number of aliphatic hydroxyl groups excluding tert-OH is 1. The zero-order chi connectivity index (χ0) is 13.2. The van der Waals surface area contributed by atoms with Gasteiger partial charge in [-0.05, 0) is 37.6 Å². The minimum atomic E-state index is -0.324. The molecule has 4 heteroatoms. The van der Waals surface area contributed by atoms with Crippen LogP contribution in [-0.2, 0) is 4.79 Å². The first-order chi connectivity index (χ1) is 8.77. The number of nitrogens with zero attached hydrogens (tertiary/aromatic N) is 1. The fourth-order valence-corrected chi connectivity index (χ4v) is 1.78. The smallest absolute Gasteiger partial charge is 0.259 e. The summed E-state index contributed by atoms with van der Waals surface area (Å²) >= 11 is 0. The van der Waals surface area contributed by atoms with Gasteiger partial charge in [-0.2, -0.15) is 0 Å². The minimum absolute atomic E-state index is 0.0901. The second-order valence-electron chi connectivity index (χ2n) is 4.14. The summed E-state index contributed by atoms with van der Waals surface area (Å²) in [5.74, 6) is 2.02. The van der Waals surface area contributed by atoms with Crippen LogP contribution in [0.2, 0.25) is 0 Å². The molecule has 1 aliphatic heterocycles. The van der Waals surface area contributed by atoms with E-state index < -0.39 is 0 Å². The Kier molecular flexibility index (Phi) is 6.67. The van der Waals surface area contributed by atoms with Gasteiger partial charge in [0.1, 0.15) is 0 Å². The summed E-state index contributed by atoms with van der Waals surface area (Å²) in [7, 11) is 0. The van der Waals surface area contributed by atoms with Gasteiger partial charge in [0.15, 0.2) is 0 Å². The lowest BCUT2D eigenvalue weighted by Gasteiger charge is -2.24. The van der Waals surface area contributed by atoms with E-state index >= 15 is 0 Å². The molecule has 0 spiro atoms. The summed E-state index contributed by atoms with van der Waals surface area (Å²) in [6.07, 6.45) is 14.4. The summed E-state index contributed by atoms with van der Waals surface area (Å²) in [5.41, 5.74) is 0.275. The van der Waals surface area contributed by atoms with Crippen LogP contribution in [0.1, 0.15) is 19.3 Å². The molecule has 98 valence electrons. The zero-order valence-electron chi connectivity index (χ0n) is 10.6. The third-order valence-electron chi connectivity index (χ3n) is 2.75. The number of carbonyl (C=O) groups is 1. The van der Waals surface area contributed by atoms with E-state index in [-0.39, 0.29) is 24.6 Å². The molecule has 1 aliphatic rings. The third kappa shape index (κ3) is 5.07. The lowest BCUT2D eigenvalue weighted by Crippen LogP contribution is -2.27. The molecule has 4 nitrogen and oxygen atoms in total. The molecular formula is C14H20N2O2. The maximum atomic E-state index is 11.5. The maximum Gasteiger partial charge on any atom is 0.259 e. The van der Waals surface area contributed by atoms with Crippen molar-refractivity contribution in [1.82, 2.24) is 10.2 Å². The molecule has 1 saturated heterocycles. The van der Waals surface area contributed by atoms with Crippen molar-refractivity contribution in [2.24, 2.45) is 0 Å². The number of carbonyl (C=O) groups excluding carboxylic acids is 1. The van der Waals surface area contributed by atoms with Crippen LogP contribution in [0.5, 0.6) is 0 Å². The molecule has 18 heavy (non-hydrogen) atoms. The minimum Gasteiger partial charge on any atom is -0.395 e. The van der Waals surface area contributed by atoms with E-state index in [1.165, 1.54) is 19.3 Å². The molecule has 0 aromatic heterocycles. The van der Waals surface area contributed by atoms with E-state index in [1.807, 2.05) is 6.20 Å². The van der Waals surface area contributed by atoms with Crippen molar-refractivity contribution >= 4 is 5.91 Å². The summed E-state index contributed by atoms with van der Waals surface area (Å²) in [5, 5.41) is 11.1. The standard InChI is InChI=1S/C14H20N2O2/c1-2-13(14(18)15-8-12-17)7-6-11-16-9-4-3-5-10-16/h1,6-7,11,17H,3-5,8-10,12H2,(H,15,18)/b11-6+,13-7+. The fraction of sp³-hybridized carbons (Fsp3) is 0.500. The van der Waals surface area contributed by atoms with Crippen molar-refractivity contribution in [2.75, 3.05) is 26.2 Å². The summed E-state index contributed by atoms with van der Waals surface area (Å²) in [6, 6.07) is 0. The van der Waals surface area contributed by atoms with Gasteiger partial charge < -0.3 is 15.3 Å². The van der Waals surface area contributed by atoms with Crippen LogP contribution >= 0.6 is 0 Å². The molecule has 0 aromatic rings. The van der Waals surface area contributed by atoms with Crippen LogP contribution in [0.25, 0.3) is 0 Å². The Morgan fingerprint density at radius 1 is 1.39 bits per heavy atom. The highest BCUT2D eigenvalue weighted by Crippen LogP contribution is 2.08. The molecule has 0 unspecified atom stereocenters. The van der Waals surface area contributed by atoms with Crippen LogP contribution in [-0.4, -0.2) is 42.2 Å². The van der Waals surface area contributed by atoms with Crippen LogP contribution in [0.15, 0.2) is 23.9 Å². The van der Waals surface area contributed by atoms with Crippen LogP contribution in [0, 0.1) is 12.3 Å². The average molecular weight is 248 g/mol. The fourth-order valence-electron chi connectivity index (χ4n) is 1.78. The quantitative estimate of drug-likeness (QED) is 0.427. The first kappa shape index (κ1) is 14.3. The predicted molar refractivity (Wildman–Crippen MR) is 71.6 cm³/mol. The molecule has 1 rings (SSSR count). The Morgan fingerprint density at radius 3 is 2.72 bits per heavy atom. The largest absolute Gasteiger partial charge is 0.395 e. The normalized spacial score (nSPS) is 16.7. The van der Waals surface area contributed by atoms with Crippen molar-refractivity contribution in [2.45, 2.75) is 19.3 Å². The highest BCUT2D eigenvalue weighted by molar-refractivity contribution is 5.97. The van der Waals surface area contributed by atoms with Crippen molar-refractivity contribution in [3.63, 3.8) is 0 Å². The van der Waals surface area contributed by atoms with Gasteiger partial charge in [-0.1, -0.05) is 5.92 Å². The Morgan fingerprint density at radius 2 is 2.11 bits per heavy atom. The highest BCUT2D eigenvalue weighted by Gasteiger charge is 2.06. The number of aliphatic hydroxyl groups is 1. The molecule has 1 heterocycles. The lowest BCUT2D eigenvalue weighted by molar-refractivity contribution is -0.117. The Hall–Kier alpha value is -1.73. The number of nitrogens with one attached hydrogen (secondary N) is 1. The van der Waals surface area contributed by atoms with Crippen LogP contribution < -0.4 is 5.32 Å². The van der Waals surface area contributed by atoms with E-state index in [0.29, 0.717) is 0 Å². The number of hydrogen-bond donors (Lipinski definition) is 2. The topological polar surface area (TPSA) is 52.6 Å². The van der Waals surface area contributed by atoms with Crippen LogP contribution in [0.3, 0.4) is 0 Å². The Balaban J connectivity index is 2.48. The predicted octanol–water partition coefficient (Wildman–Crippen LogP) is 0.654. The summed E-state index contributed by atoms with van der Waals surface area (Å²) in [6.45, 7) is 2.25. The monoisotopic (exact) mass is 248 g/mol. The molecule has 0 radical (unpaired) electrons. The van der Waals surface area contributed by atoms with Crippen molar-refractivity contribution < 1.29 is 9.90 Å². The molecule has 0 aromatic carbocycles. The third-order valence-corrected chi connectivity index (χ3v) is 2.75. The molecular weight excluding hydrogens is 228 g/mol. The number of piperidine rings is 1. The number of allylic oxidation sites excluding steroid dienone is 2. The molecule has 1 amide bonds. The summed E-state index contributed by atoms with van der Waals surface area (Å²) in [4.78, 5) is 13.8. The molecule has 0 saturated carbocycles. The lowest BCUT2D eigenvalue weighted by atomic mass is 10.1. The van der Waals surface area contributed by atoms with Gasteiger partial charge in [0, 0.05) is 19.6 Å². The average Bonchev–Trinajstić information content (AvgIpc) is 2.42. The van der Waals surface area contributed by atoms with Crippen LogP contribution in [0.4, 0.5) is 0 Å². The molecule has 0 aliphatic carbocycles. The first-order valence-electron chi connectivity index (χ1n) is 6.26. The van der Waals surface area contributed by atoms with E-state index in [4.69, 9.17) is 11.5 Å². The van der Waals surface area contributed by atoms with Crippen molar-refractivity contribution in [3.05, 3.63) is 23.9 Å². The Bertz CT molecular complexity index is 360. The number of rotatable bonds is 5. The van der Waals surface area contributed by atoms with Gasteiger partial charge in [-0.25, -0.2) is 0 Å². The van der Waals surface area contributed by atoms with Gasteiger partial charge in [0.05, 0.1) is 12.2 Å². The van der Waals surface area contributed by atoms with Crippen molar-refractivity contribution in [3.8, 4) is 12.3 Å². The Labute approximate surface area is 108 Å². The number of terminal acetylenes is 1. The molecule has 0 bridgehead atoms. The second-order valence-corrected chi connectivity index (χ2v) is 4.14. The number of amides is 1. The molecule has 1 fully saturated rings. The first-order valence-corrected chi connectivity index (χ1v) is 6.26. The SMILES string of the molecule is C#C/C(=C\C=C\N1CCCCC1)C(=O)NCCO. The molecule has 2 N–H and O–H groups in total. The number of hydrogen-bond acceptors (Lipinski definition) is 3. The van der Waals surface area contributed by atoms with Gasteiger partial charge in [0.2, 0.25) is 0 Å². The zero-order valence-corrected chi connectivity index (χ0v) is 10.6. The van der Waals surface area contributed by atoms with E-state index in [9.17, 15) is 4.79 Å². The maximum absolute atomic E-state index is 11.5. The van der Waals surface area contributed by atoms with Gasteiger partial charge in [-0.15, -0.1) is 6.42 Å². The van der Waals surface area contributed by atoms with Gasteiger partial charge >= 0.3 is 0 Å². The van der Waals surface area contributed by atoms with E-state index in [2.05, 4.69) is 16.1 Å². The highest BCUT2D eigenvalue weighted by atomic mass is 16.3. The van der Waals surface area contributed by atoms with Crippen molar-refractivity contribution in [1.29, 1.82) is 0 Å². The summed E-state index contributed by atoms with van der Waals surface area (Å²) < 4.78 is 0. The second kappa shape index (κ2) is 8.37. The number of likely N-dealkylation sites (tertiary alicyclic amines) is 1. The van der Waals surface area contributed by atoms with Gasteiger partial charge in [0.25, 0.3) is 5.91 Å². The molecule has 0 atom stereocenters. The van der Waals surface area contributed by atoms with E-state index in [1.54, 1.807) is 12.2 Å². The van der Waals surface area contributed by atoms with Gasteiger partial charge in [-0.3, -0.25) is 4.79 Å².